The van der Waals surface area contributed by atoms with E-state index in [2.05, 4.69) is 4.98 Å². The third-order valence-electron chi connectivity index (χ3n) is 4.30. The van der Waals surface area contributed by atoms with Crippen molar-refractivity contribution >= 4 is 17.7 Å². The third-order valence-corrected chi connectivity index (χ3v) is 4.62. The molecule has 128 valence electrons. The minimum Gasteiger partial charge on any atom is -0.444 e. The summed E-state index contributed by atoms with van der Waals surface area (Å²) in [4.78, 5) is 17.9. The molecule has 0 unspecified atom stereocenters. The average molecular weight is 341 g/mol. The molecule has 0 spiro atoms. The molecule has 0 bridgehead atoms. The number of rotatable bonds is 2. The molecule has 1 atom stereocenters. The first-order valence-electron chi connectivity index (χ1n) is 7.89. The molecule has 1 aromatic rings. The third kappa shape index (κ3) is 4.36. The van der Waals surface area contributed by atoms with Crippen LogP contribution in [0.3, 0.4) is 0 Å². The summed E-state index contributed by atoms with van der Waals surface area (Å²) in [6.45, 7) is 8.70. The molecule has 1 aliphatic heterocycles. The predicted molar refractivity (Wildman–Crippen MR) is 89.4 cm³/mol. The quantitative estimate of drug-likeness (QED) is 0.832. The van der Waals surface area contributed by atoms with E-state index in [0.29, 0.717) is 36.6 Å². The first-order valence-corrected chi connectivity index (χ1v) is 8.27. The molecule has 23 heavy (non-hydrogen) atoms. The Morgan fingerprint density at radius 3 is 2.57 bits per heavy atom. The molecule has 0 aromatic carbocycles. The summed E-state index contributed by atoms with van der Waals surface area (Å²) >= 11 is 6.10. The molecular weight excluding hydrogens is 316 g/mol. The maximum atomic E-state index is 12.1. The van der Waals surface area contributed by atoms with Crippen molar-refractivity contribution in [1.29, 1.82) is 0 Å². The second kappa shape index (κ2) is 6.65. The SMILES string of the molecule is CC(C)(C)OC(=O)N1CCC(C)([C@H](O)c2cccnc2Cl)CC1. The number of ether oxygens (including phenoxy) is 1. The standard InChI is InChI=1S/C17H25ClN2O3/c1-16(2,3)23-15(22)20-10-7-17(4,8-11-20)13(21)12-6-5-9-19-14(12)18/h5-6,9,13,21H,7-8,10-11H2,1-4H3/t13-/m1/s1. The molecular formula is C17H25ClN2O3. The number of nitrogens with zero attached hydrogens (tertiary/aromatic N) is 2. The maximum absolute atomic E-state index is 12.1. The van der Waals surface area contributed by atoms with Gasteiger partial charge in [-0.15, -0.1) is 0 Å². The van der Waals surface area contributed by atoms with E-state index in [0.717, 1.165) is 0 Å². The highest BCUT2D eigenvalue weighted by atomic mass is 35.5. The number of carbonyl (C=O) groups excluding carboxylic acids is 1. The van der Waals surface area contributed by atoms with Crippen LogP contribution in [0.5, 0.6) is 0 Å². The van der Waals surface area contributed by atoms with Gasteiger partial charge in [0.1, 0.15) is 10.8 Å². The van der Waals surface area contributed by atoms with Crippen LogP contribution in [0.1, 0.15) is 52.2 Å². The molecule has 2 heterocycles. The van der Waals surface area contributed by atoms with Crippen molar-refractivity contribution in [3.05, 3.63) is 29.0 Å². The van der Waals surface area contributed by atoms with E-state index in [1.165, 1.54) is 0 Å². The second-order valence-corrected chi connectivity index (χ2v) is 7.77. The summed E-state index contributed by atoms with van der Waals surface area (Å²) in [7, 11) is 0. The monoisotopic (exact) mass is 340 g/mol. The van der Waals surface area contributed by atoms with Gasteiger partial charge in [-0.1, -0.05) is 24.6 Å². The summed E-state index contributed by atoms with van der Waals surface area (Å²) in [5, 5.41) is 11.1. The lowest BCUT2D eigenvalue weighted by Crippen LogP contribution is -2.46. The van der Waals surface area contributed by atoms with E-state index in [1.54, 1.807) is 23.2 Å². The number of aliphatic hydroxyl groups is 1. The van der Waals surface area contributed by atoms with E-state index < -0.39 is 11.7 Å². The lowest BCUT2D eigenvalue weighted by atomic mass is 9.73. The number of amides is 1. The van der Waals surface area contributed by atoms with Crippen molar-refractivity contribution in [1.82, 2.24) is 9.88 Å². The van der Waals surface area contributed by atoms with Gasteiger partial charge >= 0.3 is 6.09 Å². The second-order valence-electron chi connectivity index (χ2n) is 7.41. The summed E-state index contributed by atoms with van der Waals surface area (Å²) in [5.41, 5.74) is -0.200. The van der Waals surface area contributed by atoms with Crippen LogP contribution < -0.4 is 0 Å². The fourth-order valence-electron chi connectivity index (χ4n) is 2.78. The van der Waals surface area contributed by atoms with Crippen LogP contribution in [0, 0.1) is 5.41 Å². The number of piperidine rings is 1. The van der Waals surface area contributed by atoms with Crippen LogP contribution in [-0.2, 0) is 4.74 Å². The van der Waals surface area contributed by atoms with Crippen LogP contribution in [0.2, 0.25) is 5.15 Å². The van der Waals surface area contributed by atoms with Crippen molar-refractivity contribution in [2.45, 2.75) is 52.2 Å². The molecule has 1 amide bonds. The van der Waals surface area contributed by atoms with Crippen LogP contribution >= 0.6 is 11.6 Å². The van der Waals surface area contributed by atoms with Gasteiger partial charge in [-0.3, -0.25) is 0 Å². The van der Waals surface area contributed by atoms with Crippen molar-refractivity contribution in [3.8, 4) is 0 Å². The molecule has 0 aliphatic carbocycles. The zero-order valence-corrected chi connectivity index (χ0v) is 14.9. The summed E-state index contributed by atoms with van der Waals surface area (Å²) in [6, 6.07) is 3.56. The zero-order chi connectivity index (χ0) is 17.3. The predicted octanol–water partition coefficient (Wildman–Crippen LogP) is 3.81. The number of carbonyl (C=O) groups is 1. The highest BCUT2D eigenvalue weighted by Crippen LogP contribution is 2.44. The molecule has 1 saturated heterocycles. The number of hydrogen-bond acceptors (Lipinski definition) is 4. The smallest absolute Gasteiger partial charge is 0.410 e. The normalized spacial score (nSPS) is 19.3. The summed E-state index contributed by atoms with van der Waals surface area (Å²) < 4.78 is 5.40. The molecule has 1 aliphatic rings. The van der Waals surface area contributed by atoms with Gasteiger partial charge in [0.05, 0.1) is 6.10 Å². The fourth-order valence-corrected chi connectivity index (χ4v) is 3.00. The Balaban J connectivity index is 2.02. The van der Waals surface area contributed by atoms with Crippen LogP contribution in [-0.4, -0.2) is 39.8 Å². The van der Waals surface area contributed by atoms with Crippen LogP contribution in [0.25, 0.3) is 0 Å². The zero-order valence-electron chi connectivity index (χ0n) is 14.2. The van der Waals surface area contributed by atoms with Crippen LogP contribution in [0.4, 0.5) is 4.79 Å². The molecule has 6 heteroatoms. The average Bonchev–Trinajstić information content (AvgIpc) is 2.46. The van der Waals surface area contributed by atoms with E-state index in [-0.39, 0.29) is 11.5 Å². The van der Waals surface area contributed by atoms with E-state index in [4.69, 9.17) is 16.3 Å². The lowest BCUT2D eigenvalue weighted by molar-refractivity contribution is -0.0258. The molecule has 0 radical (unpaired) electrons. The first-order chi connectivity index (χ1) is 10.6. The maximum Gasteiger partial charge on any atom is 0.410 e. The number of pyridine rings is 1. The van der Waals surface area contributed by atoms with Crippen LogP contribution in [0.15, 0.2) is 18.3 Å². The van der Waals surface area contributed by atoms with E-state index in [1.807, 2.05) is 27.7 Å². The van der Waals surface area contributed by atoms with Crippen molar-refractivity contribution in [3.63, 3.8) is 0 Å². The molecule has 0 saturated carbocycles. The fraction of sp³-hybridized carbons (Fsp3) is 0.647. The molecule has 1 N–H and O–H groups in total. The van der Waals surface area contributed by atoms with Gasteiger partial charge < -0.3 is 14.7 Å². The lowest BCUT2D eigenvalue weighted by Gasteiger charge is -2.42. The van der Waals surface area contributed by atoms with Gasteiger partial charge in [0.15, 0.2) is 0 Å². The van der Waals surface area contributed by atoms with Crippen molar-refractivity contribution in [2.75, 3.05) is 13.1 Å². The number of likely N-dealkylation sites (tertiary alicyclic amines) is 1. The number of hydrogen-bond donors (Lipinski definition) is 1. The highest BCUT2D eigenvalue weighted by molar-refractivity contribution is 6.30. The topological polar surface area (TPSA) is 62.7 Å². The minimum absolute atomic E-state index is 0.298. The molecule has 1 aromatic heterocycles. The summed E-state index contributed by atoms with van der Waals surface area (Å²) in [6.07, 6.45) is 1.96. The first kappa shape index (κ1) is 18.0. The highest BCUT2D eigenvalue weighted by Gasteiger charge is 2.40. The van der Waals surface area contributed by atoms with Gasteiger partial charge in [-0.2, -0.15) is 0 Å². The Bertz CT molecular complexity index is 563. The van der Waals surface area contributed by atoms with E-state index in [9.17, 15) is 9.90 Å². The minimum atomic E-state index is -0.704. The Morgan fingerprint density at radius 1 is 1.43 bits per heavy atom. The van der Waals surface area contributed by atoms with Gasteiger partial charge in [-0.05, 0) is 39.7 Å². The summed E-state index contributed by atoms with van der Waals surface area (Å²) in [5.74, 6) is 0. The van der Waals surface area contributed by atoms with Gasteiger partial charge in [-0.25, -0.2) is 9.78 Å². The molecule has 1 fully saturated rings. The molecule has 2 rings (SSSR count). The van der Waals surface area contributed by atoms with Gasteiger partial charge in [0.25, 0.3) is 0 Å². The Labute approximate surface area is 142 Å². The number of halogens is 1. The van der Waals surface area contributed by atoms with Gasteiger partial charge in [0, 0.05) is 30.3 Å². The van der Waals surface area contributed by atoms with Crippen molar-refractivity contribution < 1.29 is 14.6 Å². The van der Waals surface area contributed by atoms with E-state index >= 15 is 0 Å². The number of aliphatic hydroxyl groups excluding tert-OH is 1. The Kier molecular flexibility index (Phi) is 5.21. The van der Waals surface area contributed by atoms with Crippen molar-refractivity contribution in [2.24, 2.45) is 5.41 Å². The molecule has 5 nitrogen and oxygen atoms in total. The van der Waals surface area contributed by atoms with Gasteiger partial charge in [0.2, 0.25) is 0 Å². The Hall–Kier alpha value is -1.33. The largest absolute Gasteiger partial charge is 0.444 e. The number of aromatic nitrogens is 1. The Morgan fingerprint density at radius 2 is 2.04 bits per heavy atom.